The molecule has 1 aliphatic carbocycles. The Bertz CT molecular complexity index is 649. The summed E-state index contributed by atoms with van der Waals surface area (Å²) in [7, 11) is 0. The molecule has 7 heteroatoms. The maximum absolute atomic E-state index is 13.8. The van der Waals surface area contributed by atoms with Gasteiger partial charge in [-0.05, 0) is 62.4 Å². The van der Waals surface area contributed by atoms with Gasteiger partial charge in [0.25, 0.3) is 0 Å². The third-order valence-electron chi connectivity index (χ3n) is 5.81. The molecule has 3 rings (SSSR count). The largest absolute Gasteiger partial charge is 0.463 e. The number of piperidine rings is 1. The van der Waals surface area contributed by atoms with Crippen molar-refractivity contribution in [3.05, 3.63) is 34.9 Å². The Balaban J connectivity index is 1.72. The maximum Gasteiger partial charge on any atom is 0.343 e. The van der Waals surface area contributed by atoms with E-state index in [9.17, 15) is 18.7 Å². The molecule has 1 saturated heterocycles. The molecule has 1 heterocycles. The monoisotopic (exact) mass is 401 g/mol. The van der Waals surface area contributed by atoms with Gasteiger partial charge < -0.3 is 15.2 Å². The Hall–Kier alpha value is -1.24. The van der Waals surface area contributed by atoms with E-state index in [0.717, 1.165) is 25.9 Å². The predicted molar refractivity (Wildman–Crippen MR) is 98.8 cm³/mol. The zero-order valence-corrected chi connectivity index (χ0v) is 16.0. The number of alkyl halides is 2. The van der Waals surface area contributed by atoms with Gasteiger partial charge in [-0.3, -0.25) is 0 Å². The molecule has 0 aromatic heterocycles. The number of rotatable bonds is 6. The predicted octanol–water partition coefficient (Wildman–Crippen LogP) is 3.90. The number of carbonyl (C=O) groups is 1. The first-order valence-electron chi connectivity index (χ1n) is 9.55. The fraction of sp³-hybridized carbons (Fsp3) is 0.650. The van der Waals surface area contributed by atoms with E-state index < -0.39 is 29.8 Å². The minimum atomic E-state index is -2.87. The molecule has 2 atom stereocenters. The molecule has 1 aliphatic heterocycles. The molecule has 1 saturated carbocycles. The van der Waals surface area contributed by atoms with Crippen LogP contribution in [0.4, 0.5) is 8.78 Å². The quantitative estimate of drug-likeness (QED) is 0.710. The normalized spacial score (nSPS) is 25.1. The minimum Gasteiger partial charge on any atom is -0.463 e. The highest BCUT2D eigenvalue weighted by atomic mass is 35.5. The number of halogens is 3. The van der Waals surface area contributed by atoms with E-state index in [1.165, 1.54) is 24.3 Å². The lowest BCUT2D eigenvalue weighted by molar-refractivity contribution is -0.175. The van der Waals surface area contributed by atoms with Gasteiger partial charge in [0, 0.05) is 23.8 Å². The van der Waals surface area contributed by atoms with Gasteiger partial charge in [0.05, 0.1) is 6.61 Å². The van der Waals surface area contributed by atoms with E-state index in [1.54, 1.807) is 0 Å². The zero-order chi connectivity index (χ0) is 19.5. The van der Waals surface area contributed by atoms with Crippen molar-refractivity contribution < 1.29 is 23.4 Å². The Morgan fingerprint density at radius 1 is 1.26 bits per heavy atom. The number of esters is 1. The van der Waals surface area contributed by atoms with Crippen LogP contribution in [-0.4, -0.2) is 36.7 Å². The van der Waals surface area contributed by atoms with Crippen LogP contribution in [0.3, 0.4) is 0 Å². The molecule has 4 nitrogen and oxygen atoms in total. The summed E-state index contributed by atoms with van der Waals surface area (Å²) in [6.07, 6.45) is 1.95. The fourth-order valence-electron chi connectivity index (χ4n) is 4.13. The van der Waals surface area contributed by atoms with Gasteiger partial charge in [-0.1, -0.05) is 23.7 Å². The topological polar surface area (TPSA) is 58.6 Å². The number of hydrogen-bond acceptors (Lipinski definition) is 4. The van der Waals surface area contributed by atoms with Crippen molar-refractivity contribution in [2.45, 2.75) is 50.0 Å². The Morgan fingerprint density at radius 2 is 1.93 bits per heavy atom. The summed E-state index contributed by atoms with van der Waals surface area (Å²) in [6.45, 7) is 2.08. The summed E-state index contributed by atoms with van der Waals surface area (Å²) in [5, 5.41) is 15.0. The van der Waals surface area contributed by atoms with Crippen LogP contribution in [0, 0.1) is 11.8 Å². The molecular formula is C20H26ClF2NO3. The molecule has 0 spiro atoms. The summed E-state index contributed by atoms with van der Waals surface area (Å²) in [5.74, 6) is -4.14. The third kappa shape index (κ3) is 4.79. The van der Waals surface area contributed by atoms with Crippen LogP contribution < -0.4 is 5.32 Å². The second-order valence-corrected chi connectivity index (χ2v) is 8.12. The molecule has 1 aromatic rings. The van der Waals surface area contributed by atoms with Crippen molar-refractivity contribution in [1.29, 1.82) is 0 Å². The molecule has 2 aliphatic rings. The fourth-order valence-corrected chi connectivity index (χ4v) is 4.26. The summed E-state index contributed by atoms with van der Waals surface area (Å²) in [4.78, 5) is 12.8. The maximum atomic E-state index is 13.8. The molecule has 1 aromatic carbocycles. The van der Waals surface area contributed by atoms with Crippen LogP contribution in [-0.2, 0) is 15.1 Å². The number of carbonyl (C=O) groups excluding carboxylic acids is 1. The summed E-state index contributed by atoms with van der Waals surface area (Å²) in [6, 6.07) is 6.09. The lowest BCUT2D eigenvalue weighted by Crippen LogP contribution is -2.44. The lowest BCUT2D eigenvalue weighted by atomic mass is 9.80. The van der Waals surface area contributed by atoms with E-state index in [0.29, 0.717) is 17.4 Å². The van der Waals surface area contributed by atoms with Crippen molar-refractivity contribution >= 4 is 17.6 Å². The van der Waals surface area contributed by atoms with Gasteiger partial charge in [-0.15, -0.1) is 0 Å². The molecule has 27 heavy (non-hydrogen) atoms. The van der Waals surface area contributed by atoms with Crippen LogP contribution in [0.2, 0.25) is 5.02 Å². The van der Waals surface area contributed by atoms with Gasteiger partial charge in [-0.2, -0.15) is 0 Å². The van der Waals surface area contributed by atoms with Crippen LogP contribution >= 0.6 is 11.6 Å². The first-order chi connectivity index (χ1) is 12.8. The SMILES string of the molecule is O=C(OCCC1CCNCC1)C(O)(c1ccc(Cl)cc1)C1CCC(F)(F)C1. The van der Waals surface area contributed by atoms with E-state index >= 15 is 0 Å². The van der Waals surface area contributed by atoms with Crippen LogP contribution in [0.1, 0.15) is 44.1 Å². The molecule has 0 amide bonds. The number of ether oxygens (including phenoxy) is 1. The molecule has 2 unspecified atom stereocenters. The third-order valence-corrected chi connectivity index (χ3v) is 6.06. The van der Waals surface area contributed by atoms with Crippen molar-refractivity contribution in [2.24, 2.45) is 11.8 Å². The van der Waals surface area contributed by atoms with Crippen molar-refractivity contribution in [1.82, 2.24) is 5.32 Å². The highest BCUT2D eigenvalue weighted by Crippen LogP contribution is 2.48. The summed E-state index contributed by atoms with van der Waals surface area (Å²) >= 11 is 5.89. The van der Waals surface area contributed by atoms with E-state index in [4.69, 9.17) is 16.3 Å². The Kier molecular flexibility index (Phi) is 6.39. The zero-order valence-electron chi connectivity index (χ0n) is 15.2. The number of aliphatic hydroxyl groups is 1. The smallest absolute Gasteiger partial charge is 0.343 e. The van der Waals surface area contributed by atoms with Gasteiger partial charge >= 0.3 is 5.97 Å². The van der Waals surface area contributed by atoms with Crippen molar-refractivity contribution in [3.8, 4) is 0 Å². The Labute approximate surface area is 163 Å². The molecule has 150 valence electrons. The molecule has 0 bridgehead atoms. The van der Waals surface area contributed by atoms with E-state index in [2.05, 4.69) is 5.32 Å². The molecule has 0 radical (unpaired) electrons. The van der Waals surface area contributed by atoms with Crippen molar-refractivity contribution in [2.75, 3.05) is 19.7 Å². The second kappa shape index (κ2) is 8.41. The van der Waals surface area contributed by atoms with Gasteiger partial charge in [0.2, 0.25) is 5.92 Å². The standard InChI is InChI=1S/C20H26ClF2NO3/c21-17-3-1-15(2-4-17)20(26,16-5-9-19(22,23)13-16)18(25)27-12-8-14-6-10-24-11-7-14/h1-4,14,16,24,26H,5-13H2. The number of nitrogens with one attached hydrogen (secondary N) is 1. The molecule has 2 N–H and O–H groups in total. The van der Waals surface area contributed by atoms with Crippen LogP contribution in [0.25, 0.3) is 0 Å². The first-order valence-corrected chi connectivity index (χ1v) is 9.93. The average molecular weight is 402 g/mol. The van der Waals surface area contributed by atoms with Crippen molar-refractivity contribution in [3.63, 3.8) is 0 Å². The molecular weight excluding hydrogens is 376 g/mol. The Morgan fingerprint density at radius 3 is 2.52 bits per heavy atom. The molecule has 2 fully saturated rings. The van der Waals surface area contributed by atoms with Crippen LogP contribution in [0.5, 0.6) is 0 Å². The first kappa shape index (κ1) is 20.5. The highest BCUT2D eigenvalue weighted by molar-refractivity contribution is 6.30. The average Bonchev–Trinajstić information content (AvgIpc) is 3.02. The van der Waals surface area contributed by atoms with E-state index in [-0.39, 0.29) is 25.0 Å². The van der Waals surface area contributed by atoms with E-state index in [1.807, 2.05) is 0 Å². The number of benzene rings is 1. The summed E-state index contributed by atoms with van der Waals surface area (Å²) < 4.78 is 32.9. The highest BCUT2D eigenvalue weighted by Gasteiger charge is 2.54. The van der Waals surface area contributed by atoms with Gasteiger partial charge in [0.15, 0.2) is 5.60 Å². The lowest BCUT2D eigenvalue weighted by Gasteiger charge is -2.32. The van der Waals surface area contributed by atoms with Gasteiger partial charge in [-0.25, -0.2) is 13.6 Å². The second-order valence-electron chi connectivity index (χ2n) is 7.69. The van der Waals surface area contributed by atoms with Gasteiger partial charge in [0.1, 0.15) is 0 Å². The minimum absolute atomic E-state index is 0.0650. The van der Waals surface area contributed by atoms with Crippen LogP contribution in [0.15, 0.2) is 24.3 Å². The summed E-state index contributed by atoms with van der Waals surface area (Å²) in [5.41, 5.74) is -1.83. The number of hydrogen-bond donors (Lipinski definition) is 2.